The normalized spacial score (nSPS) is 16.9. The van der Waals surface area contributed by atoms with E-state index in [1.54, 1.807) is 19.7 Å². The van der Waals surface area contributed by atoms with Crippen molar-refractivity contribution in [1.82, 2.24) is 20.2 Å². The molecule has 0 aliphatic carbocycles. The Morgan fingerprint density at radius 1 is 1.21 bits per heavy atom. The van der Waals surface area contributed by atoms with E-state index in [4.69, 9.17) is 27.4 Å². The van der Waals surface area contributed by atoms with Gasteiger partial charge in [-0.25, -0.2) is 4.98 Å². The lowest BCUT2D eigenvalue weighted by molar-refractivity contribution is 0.355. The molecule has 0 spiro atoms. The van der Waals surface area contributed by atoms with Crippen LogP contribution in [0.5, 0.6) is 11.5 Å². The lowest BCUT2D eigenvalue weighted by atomic mass is 10.0. The van der Waals surface area contributed by atoms with Gasteiger partial charge in [0.05, 0.1) is 19.7 Å². The molecule has 0 bridgehead atoms. The number of benzene rings is 1. The van der Waals surface area contributed by atoms with Gasteiger partial charge in [-0.2, -0.15) is 9.97 Å². The molecule has 0 saturated carbocycles. The van der Waals surface area contributed by atoms with Crippen molar-refractivity contribution in [3.63, 3.8) is 0 Å². The summed E-state index contributed by atoms with van der Waals surface area (Å²) >= 11 is 1.50. The summed E-state index contributed by atoms with van der Waals surface area (Å²) in [6.45, 7) is 1.68. The maximum atomic E-state index is 5.64. The van der Waals surface area contributed by atoms with Crippen molar-refractivity contribution in [2.24, 2.45) is 0 Å². The Kier molecular flexibility index (Phi) is 5.49. The number of rotatable bonds is 6. The van der Waals surface area contributed by atoms with Crippen LogP contribution < -0.4 is 24.9 Å². The van der Waals surface area contributed by atoms with Crippen molar-refractivity contribution >= 4 is 47.1 Å². The van der Waals surface area contributed by atoms with Crippen LogP contribution in [0.15, 0.2) is 23.7 Å². The molecular weight excluding hydrogens is 375 g/mol. The largest absolute Gasteiger partial charge is 0.493 e. The molecule has 8 nitrogen and oxygen atoms in total. The van der Waals surface area contributed by atoms with Crippen molar-refractivity contribution in [2.45, 2.75) is 18.9 Å². The van der Waals surface area contributed by atoms with Crippen molar-refractivity contribution in [2.75, 3.05) is 37.5 Å². The average Bonchev–Trinajstić information content (AvgIpc) is 3.22. The van der Waals surface area contributed by atoms with Gasteiger partial charge in [-0.3, -0.25) is 0 Å². The predicted molar refractivity (Wildman–Crippen MR) is 112 cm³/mol. The summed E-state index contributed by atoms with van der Waals surface area (Å²) < 4.78 is 10.7. The van der Waals surface area contributed by atoms with Crippen LogP contribution >= 0.6 is 11.3 Å². The maximum absolute atomic E-state index is 5.64. The summed E-state index contributed by atoms with van der Waals surface area (Å²) in [6.07, 6.45) is 2.09. The third-order valence-electron chi connectivity index (χ3n) is 4.77. The van der Waals surface area contributed by atoms with E-state index >= 15 is 0 Å². The average molecular weight is 396 g/mol. The van der Waals surface area contributed by atoms with E-state index in [0.29, 0.717) is 23.3 Å². The van der Waals surface area contributed by atoms with E-state index in [1.807, 2.05) is 18.2 Å². The highest BCUT2D eigenvalue weighted by atomic mass is 32.1. The first-order chi connectivity index (χ1) is 13.7. The third kappa shape index (κ3) is 3.70. The highest BCUT2D eigenvalue weighted by Crippen LogP contribution is 2.33. The van der Waals surface area contributed by atoms with E-state index in [2.05, 4.69) is 20.4 Å². The van der Waals surface area contributed by atoms with Gasteiger partial charge in [-0.1, -0.05) is 0 Å². The van der Waals surface area contributed by atoms with E-state index < -0.39 is 0 Å². The summed E-state index contributed by atoms with van der Waals surface area (Å²) in [4.78, 5) is 16.9. The SMILES string of the molecule is [B]NC1CCCN(c2nc(Nc3ccc(OC)c(OC)c3)c3ncsc3n2)C1. The number of fused-ring (bicyclic) bond motifs is 1. The Morgan fingerprint density at radius 3 is 2.86 bits per heavy atom. The first kappa shape index (κ1) is 18.8. The third-order valence-corrected chi connectivity index (χ3v) is 5.49. The Labute approximate surface area is 168 Å². The number of nitrogens with one attached hydrogen (secondary N) is 2. The van der Waals surface area contributed by atoms with Gasteiger partial charge in [0.15, 0.2) is 30.1 Å². The predicted octanol–water partition coefficient (Wildman–Crippen LogP) is 2.49. The second kappa shape index (κ2) is 8.20. The molecule has 1 unspecified atom stereocenters. The summed E-state index contributed by atoms with van der Waals surface area (Å²) in [5, 5.41) is 6.22. The van der Waals surface area contributed by atoms with Gasteiger partial charge in [-0.15, -0.1) is 11.3 Å². The van der Waals surface area contributed by atoms with E-state index in [1.165, 1.54) is 11.3 Å². The van der Waals surface area contributed by atoms with Gasteiger partial charge >= 0.3 is 0 Å². The van der Waals surface area contributed by atoms with Gasteiger partial charge in [-0.05, 0) is 25.0 Å². The van der Waals surface area contributed by atoms with Gasteiger partial charge in [0.1, 0.15) is 5.52 Å². The minimum Gasteiger partial charge on any atom is -0.493 e. The lowest BCUT2D eigenvalue weighted by Crippen LogP contribution is -2.45. The molecule has 0 amide bonds. The first-order valence-corrected chi connectivity index (χ1v) is 9.91. The minimum atomic E-state index is 0.233. The van der Waals surface area contributed by atoms with Crippen LogP contribution in [-0.2, 0) is 0 Å². The molecule has 2 aromatic heterocycles. The van der Waals surface area contributed by atoms with Crippen LogP contribution in [0, 0.1) is 0 Å². The molecule has 3 aromatic rings. The number of methoxy groups -OCH3 is 2. The molecule has 4 rings (SSSR count). The highest BCUT2D eigenvalue weighted by molar-refractivity contribution is 7.16. The molecular formula is C18H21BN6O2S. The quantitative estimate of drug-likeness (QED) is 0.615. The summed E-state index contributed by atoms with van der Waals surface area (Å²) in [7, 11) is 8.87. The van der Waals surface area contributed by atoms with Crippen LogP contribution in [0.3, 0.4) is 0 Å². The number of nitrogens with zero attached hydrogens (tertiary/aromatic N) is 4. The molecule has 1 atom stereocenters. The number of hydrogen-bond donors (Lipinski definition) is 2. The second-order valence-electron chi connectivity index (χ2n) is 6.52. The van der Waals surface area contributed by atoms with Crippen LogP contribution in [-0.4, -0.2) is 56.3 Å². The van der Waals surface area contributed by atoms with Crippen LogP contribution in [0.1, 0.15) is 12.8 Å². The van der Waals surface area contributed by atoms with E-state index in [-0.39, 0.29) is 6.04 Å². The number of hydrogen-bond acceptors (Lipinski definition) is 9. The fraction of sp³-hybridized carbons (Fsp3) is 0.389. The fourth-order valence-corrected chi connectivity index (χ4v) is 3.98. The second-order valence-corrected chi connectivity index (χ2v) is 7.36. The Hall–Kier alpha value is -2.59. The number of anilines is 3. The number of ether oxygens (including phenoxy) is 2. The first-order valence-electron chi connectivity index (χ1n) is 9.03. The van der Waals surface area contributed by atoms with Crippen LogP contribution in [0.2, 0.25) is 0 Å². The maximum Gasteiger partial charge on any atom is 0.228 e. The molecule has 2 N–H and O–H groups in total. The number of thiazole rings is 1. The molecule has 3 heterocycles. The molecule has 1 aliphatic rings. The van der Waals surface area contributed by atoms with Gasteiger partial charge < -0.3 is 24.9 Å². The highest BCUT2D eigenvalue weighted by Gasteiger charge is 2.22. The van der Waals surface area contributed by atoms with Crippen molar-refractivity contribution in [3.05, 3.63) is 23.7 Å². The Morgan fingerprint density at radius 2 is 2.07 bits per heavy atom. The van der Waals surface area contributed by atoms with Crippen molar-refractivity contribution in [3.8, 4) is 11.5 Å². The molecule has 28 heavy (non-hydrogen) atoms. The van der Waals surface area contributed by atoms with Crippen LogP contribution in [0.25, 0.3) is 10.3 Å². The molecule has 10 heteroatoms. The number of piperidine rings is 1. The summed E-state index contributed by atoms with van der Waals surface area (Å²) in [6, 6.07) is 5.87. The molecule has 1 aliphatic heterocycles. The fourth-order valence-electron chi connectivity index (χ4n) is 3.32. The summed E-state index contributed by atoms with van der Waals surface area (Å²) in [5.41, 5.74) is 3.36. The zero-order valence-corrected chi connectivity index (χ0v) is 16.6. The molecule has 2 radical (unpaired) electrons. The molecule has 144 valence electrons. The summed E-state index contributed by atoms with van der Waals surface area (Å²) in [5.74, 6) is 2.66. The lowest BCUT2D eigenvalue weighted by Gasteiger charge is -2.32. The van der Waals surface area contributed by atoms with E-state index in [9.17, 15) is 0 Å². The molecule has 1 fully saturated rings. The van der Waals surface area contributed by atoms with Gasteiger partial charge in [0, 0.05) is 30.9 Å². The number of aromatic nitrogens is 3. The van der Waals surface area contributed by atoms with E-state index in [0.717, 1.165) is 42.0 Å². The van der Waals surface area contributed by atoms with Gasteiger partial charge in [0.2, 0.25) is 5.95 Å². The minimum absolute atomic E-state index is 0.233. The zero-order valence-electron chi connectivity index (χ0n) is 15.8. The van der Waals surface area contributed by atoms with Crippen molar-refractivity contribution < 1.29 is 9.47 Å². The Bertz CT molecular complexity index is 968. The zero-order chi connectivity index (χ0) is 19.5. The van der Waals surface area contributed by atoms with Crippen molar-refractivity contribution in [1.29, 1.82) is 0 Å². The smallest absolute Gasteiger partial charge is 0.228 e. The molecule has 1 saturated heterocycles. The van der Waals surface area contributed by atoms with Gasteiger partial charge in [0.25, 0.3) is 0 Å². The van der Waals surface area contributed by atoms with Crippen LogP contribution in [0.4, 0.5) is 17.5 Å². The molecule has 1 aromatic carbocycles. The monoisotopic (exact) mass is 396 g/mol. The topological polar surface area (TPSA) is 84.4 Å². The Balaban J connectivity index is 1.68. The standard InChI is InChI=1S/C18H21BN6O2S/c1-26-13-6-5-11(8-14(13)27-2)21-16-15-17(28-10-20-15)23-18(22-16)25-7-3-4-12(9-25)24-19/h5-6,8,10,12,24H,3-4,7,9H2,1-2H3,(H,21,22,23).